The zero-order valence-corrected chi connectivity index (χ0v) is 15.7. The van der Waals surface area contributed by atoms with Crippen LogP contribution in [0.25, 0.3) is 11.3 Å². The molecule has 0 saturated carbocycles. The molecule has 0 aliphatic carbocycles. The Morgan fingerprint density at radius 1 is 1.07 bits per heavy atom. The van der Waals surface area contributed by atoms with E-state index < -0.39 is 17.3 Å². The molecular formula is C20H15ClF3N3O2. The van der Waals surface area contributed by atoms with E-state index in [1.807, 2.05) is 0 Å². The van der Waals surface area contributed by atoms with Crippen molar-refractivity contribution in [2.45, 2.75) is 19.3 Å². The maximum absolute atomic E-state index is 12.6. The van der Waals surface area contributed by atoms with E-state index in [0.717, 1.165) is 22.3 Å². The van der Waals surface area contributed by atoms with Gasteiger partial charge in [-0.1, -0.05) is 35.9 Å². The Hall–Kier alpha value is -3.13. The second-order valence-electron chi connectivity index (χ2n) is 6.22. The molecule has 0 saturated heterocycles. The van der Waals surface area contributed by atoms with Gasteiger partial charge in [-0.3, -0.25) is 14.2 Å². The van der Waals surface area contributed by atoms with Gasteiger partial charge in [0.1, 0.15) is 6.54 Å². The molecule has 3 rings (SSSR count). The molecule has 0 aliphatic heterocycles. The number of hydrogen-bond acceptors (Lipinski definition) is 3. The van der Waals surface area contributed by atoms with Crippen molar-refractivity contribution in [3.8, 4) is 11.3 Å². The van der Waals surface area contributed by atoms with Crippen molar-refractivity contribution in [3.63, 3.8) is 0 Å². The molecule has 0 fully saturated rings. The standard InChI is InChI=1S/C20H15ClF3N3O2/c21-16-7-1-13(2-8-16)10-25-18(28)11-27-12-26-17(9-19(27)29)14-3-5-15(6-4-14)20(22,23)24/h1-9,12H,10-11H2,(H,25,28). The zero-order valence-electron chi connectivity index (χ0n) is 14.9. The second kappa shape index (κ2) is 8.48. The van der Waals surface area contributed by atoms with E-state index in [-0.39, 0.29) is 24.7 Å². The predicted molar refractivity (Wildman–Crippen MR) is 102 cm³/mol. The number of nitrogens with zero attached hydrogens (tertiary/aromatic N) is 2. The van der Waals surface area contributed by atoms with Crippen LogP contribution in [-0.4, -0.2) is 15.5 Å². The maximum atomic E-state index is 12.6. The first kappa shape index (κ1) is 20.6. The van der Waals surface area contributed by atoms with Crippen LogP contribution >= 0.6 is 11.6 Å². The summed E-state index contributed by atoms with van der Waals surface area (Å²) in [4.78, 5) is 28.4. The van der Waals surface area contributed by atoms with E-state index in [1.165, 1.54) is 24.5 Å². The molecular weight excluding hydrogens is 407 g/mol. The third-order valence-corrected chi connectivity index (χ3v) is 4.36. The van der Waals surface area contributed by atoms with Gasteiger partial charge in [-0.15, -0.1) is 0 Å². The van der Waals surface area contributed by atoms with Crippen LogP contribution in [0.5, 0.6) is 0 Å². The number of carbonyl (C=O) groups is 1. The zero-order chi connectivity index (χ0) is 21.0. The summed E-state index contributed by atoms with van der Waals surface area (Å²) in [5, 5.41) is 3.27. The number of aromatic nitrogens is 2. The average molecular weight is 422 g/mol. The Morgan fingerprint density at radius 3 is 2.31 bits per heavy atom. The van der Waals surface area contributed by atoms with E-state index in [1.54, 1.807) is 24.3 Å². The van der Waals surface area contributed by atoms with Crippen LogP contribution in [0.15, 0.2) is 65.7 Å². The number of hydrogen-bond donors (Lipinski definition) is 1. The van der Waals surface area contributed by atoms with Crippen molar-refractivity contribution in [1.82, 2.24) is 14.9 Å². The lowest BCUT2D eigenvalue weighted by Crippen LogP contribution is -2.31. The number of alkyl halides is 3. The normalized spacial score (nSPS) is 11.3. The van der Waals surface area contributed by atoms with Crippen LogP contribution in [0.4, 0.5) is 13.2 Å². The molecule has 1 heterocycles. The minimum Gasteiger partial charge on any atom is -0.350 e. The van der Waals surface area contributed by atoms with Crippen LogP contribution in [0.3, 0.4) is 0 Å². The molecule has 9 heteroatoms. The van der Waals surface area contributed by atoms with E-state index in [9.17, 15) is 22.8 Å². The van der Waals surface area contributed by atoms with Crippen molar-refractivity contribution in [3.05, 3.63) is 87.4 Å². The molecule has 3 aromatic rings. The minimum absolute atomic E-state index is 0.224. The molecule has 0 atom stereocenters. The van der Waals surface area contributed by atoms with Crippen molar-refractivity contribution in [2.75, 3.05) is 0 Å². The Labute approximate surface area is 168 Å². The van der Waals surface area contributed by atoms with E-state index in [4.69, 9.17) is 11.6 Å². The van der Waals surface area contributed by atoms with Gasteiger partial charge in [0, 0.05) is 23.2 Å². The third-order valence-electron chi connectivity index (χ3n) is 4.10. The first-order valence-corrected chi connectivity index (χ1v) is 8.85. The summed E-state index contributed by atoms with van der Waals surface area (Å²) in [5.41, 5.74) is 0.172. The van der Waals surface area contributed by atoms with E-state index in [2.05, 4.69) is 10.3 Å². The number of nitrogens with one attached hydrogen (secondary N) is 1. The monoisotopic (exact) mass is 421 g/mol. The fourth-order valence-electron chi connectivity index (χ4n) is 2.55. The second-order valence-corrected chi connectivity index (χ2v) is 6.66. The van der Waals surface area contributed by atoms with Crippen LogP contribution in [0.1, 0.15) is 11.1 Å². The van der Waals surface area contributed by atoms with Crippen LogP contribution in [0, 0.1) is 0 Å². The summed E-state index contributed by atoms with van der Waals surface area (Å²) in [6.45, 7) is 0.0501. The molecule has 0 radical (unpaired) electrons. The summed E-state index contributed by atoms with van der Waals surface area (Å²) >= 11 is 5.80. The van der Waals surface area contributed by atoms with Gasteiger partial charge >= 0.3 is 6.18 Å². The highest BCUT2D eigenvalue weighted by molar-refractivity contribution is 6.30. The van der Waals surface area contributed by atoms with Gasteiger partial charge < -0.3 is 5.32 Å². The summed E-state index contributed by atoms with van der Waals surface area (Å²) in [6, 6.07) is 12.5. The summed E-state index contributed by atoms with van der Waals surface area (Å²) < 4.78 is 39.0. The van der Waals surface area contributed by atoms with Crippen LogP contribution in [-0.2, 0) is 24.1 Å². The smallest absolute Gasteiger partial charge is 0.350 e. The number of halogens is 4. The fourth-order valence-corrected chi connectivity index (χ4v) is 2.67. The molecule has 150 valence electrons. The van der Waals surface area contributed by atoms with E-state index >= 15 is 0 Å². The summed E-state index contributed by atoms with van der Waals surface area (Å²) in [6.07, 6.45) is -3.24. The molecule has 0 bridgehead atoms. The van der Waals surface area contributed by atoms with Gasteiger partial charge in [0.15, 0.2) is 0 Å². The minimum atomic E-state index is -4.44. The van der Waals surface area contributed by atoms with Gasteiger partial charge in [-0.05, 0) is 29.8 Å². The number of amides is 1. The lowest BCUT2D eigenvalue weighted by molar-refractivity contribution is -0.137. The molecule has 1 N–H and O–H groups in total. The largest absolute Gasteiger partial charge is 0.416 e. The van der Waals surface area contributed by atoms with Crippen molar-refractivity contribution < 1.29 is 18.0 Å². The molecule has 2 aromatic carbocycles. The van der Waals surface area contributed by atoms with Crippen molar-refractivity contribution >= 4 is 17.5 Å². The highest BCUT2D eigenvalue weighted by Crippen LogP contribution is 2.30. The quantitative estimate of drug-likeness (QED) is 0.679. The predicted octanol–water partition coefficient (Wildman–Crippen LogP) is 3.90. The molecule has 1 amide bonds. The topological polar surface area (TPSA) is 64.0 Å². The highest BCUT2D eigenvalue weighted by Gasteiger charge is 2.30. The Bertz CT molecular complexity index is 1060. The summed E-state index contributed by atoms with van der Waals surface area (Å²) in [7, 11) is 0. The van der Waals surface area contributed by atoms with Gasteiger partial charge in [-0.25, -0.2) is 4.98 Å². The SMILES string of the molecule is O=C(Cn1cnc(-c2ccc(C(F)(F)F)cc2)cc1=O)NCc1ccc(Cl)cc1. The fraction of sp³-hybridized carbons (Fsp3) is 0.150. The average Bonchev–Trinajstić information content (AvgIpc) is 2.68. The Kier molecular flexibility index (Phi) is 6.03. The Morgan fingerprint density at radius 2 is 1.72 bits per heavy atom. The van der Waals surface area contributed by atoms with Gasteiger partial charge in [0.05, 0.1) is 17.6 Å². The summed E-state index contributed by atoms with van der Waals surface area (Å²) in [5.74, 6) is -0.383. The number of carbonyl (C=O) groups excluding carboxylic acids is 1. The molecule has 0 aliphatic rings. The van der Waals surface area contributed by atoms with Crippen LogP contribution in [0.2, 0.25) is 5.02 Å². The van der Waals surface area contributed by atoms with Gasteiger partial charge in [0.2, 0.25) is 5.91 Å². The van der Waals surface area contributed by atoms with Crippen molar-refractivity contribution in [2.24, 2.45) is 0 Å². The van der Waals surface area contributed by atoms with E-state index in [0.29, 0.717) is 10.6 Å². The highest BCUT2D eigenvalue weighted by atomic mass is 35.5. The first-order valence-electron chi connectivity index (χ1n) is 8.47. The third kappa shape index (κ3) is 5.45. The molecule has 1 aromatic heterocycles. The van der Waals surface area contributed by atoms with Gasteiger partial charge in [-0.2, -0.15) is 13.2 Å². The molecule has 29 heavy (non-hydrogen) atoms. The molecule has 0 spiro atoms. The Balaban J connectivity index is 1.65. The molecule has 5 nitrogen and oxygen atoms in total. The van der Waals surface area contributed by atoms with Gasteiger partial charge in [0.25, 0.3) is 5.56 Å². The first-order chi connectivity index (χ1) is 13.7. The number of rotatable bonds is 5. The van der Waals surface area contributed by atoms with Crippen molar-refractivity contribution in [1.29, 1.82) is 0 Å². The molecule has 0 unspecified atom stereocenters. The lowest BCUT2D eigenvalue weighted by Gasteiger charge is -2.09. The van der Waals surface area contributed by atoms with Crippen LogP contribution < -0.4 is 10.9 Å². The number of benzene rings is 2. The maximum Gasteiger partial charge on any atom is 0.416 e. The lowest BCUT2D eigenvalue weighted by atomic mass is 10.1.